The SMILES string of the molecule is Cc1ccc(C[NH2+]C(C)Cc2ccccc2)o1. The van der Waals surface area contributed by atoms with Gasteiger partial charge >= 0.3 is 0 Å². The van der Waals surface area contributed by atoms with Gasteiger partial charge in [-0.2, -0.15) is 0 Å². The minimum Gasteiger partial charge on any atom is -0.460 e. The average molecular weight is 230 g/mol. The highest BCUT2D eigenvalue weighted by Crippen LogP contribution is 2.04. The van der Waals surface area contributed by atoms with E-state index in [4.69, 9.17) is 4.42 Å². The van der Waals surface area contributed by atoms with Crippen LogP contribution in [-0.2, 0) is 13.0 Å². The summed E-state index contributed by atoms with van der Waals surface area (Å²) in [5, 5.41) is 2.32. The van der Waals surface area contributed by atoms with E-state index in [9.17, 15) is 0 Å². The average Bonchev–Trinajstić information content (AvgIpc) is 2.74. The lowest BCUT2D eigenvalue weighted by Gasteiger charge is -2.09. The van der Waals surface area contributed by atoms with Gasteiger partial charge in [-0.25, -0.2) is 0 Å². The van der Waals surface area contributed by atoms with Gasteiger partial charge in [-0.15, -0.1) is 0 Å². The first kappa shape index (κ1) is 11.9. The van der Waals surface area contributed by atoms with Crippen molar-refractivity contribution in [2.24, 2.45) is 0 Å². The molecule has 0 aliphatic rings. The molecule has 0 radical (unpaired) electrons. The lowest BCUT2D eigenvalue weighted by atomic mass is 10.1. The van der Waals surface area contributed by atoms with Crippen LogP contribution in [0.2, 0.25) is 0 Å². The van der Waals surface area contributed by atoms with E-state index in [0.29, 0.717) is 6.04 Å². The van der Waals surface area contributed by atoms with Crippen LogP contribution in [0.1, 0.15) is 24.0 Å². The quantitative estimate of drug-likeness (QED) is 0.839. The molecule has 2 aromatic rings. The first-order valence-corrected chi connectivity index (χ1v) is 6.16. The molecule has 17 heavy (non-hydrogen) atoms. The highest BCUT2D eigenvalue weighted by atomic mass is 16.3. The second-order valence-corrected chi connectivity index (χ2v) is 4.62. The summed E-state index contributed by atoms with van der Waals surface area (Å²) in [6.45, 7) is 5.15. The summed E-state index contributed by atoms with van der Waals surface area (Å²) in [4.78, 5) is 0. The Hall–Kier alpha value is -1.54. The van der Waals surface area contributed by atoms with Crippen molar-refractivity contribution in [1.29, 1.82) is 0 Å². The Bertz CT molecular complexity index is 447. The summed E-state index contributed by atoms with van der Waals surface area (Å²) in [5.41, 5.74) is 1.40. The van der Waals surface area contributed by atoms with Crippen molar-refractivity contribution in [2.45, 2.75) is 32.9 Å². The molecule has 0 saturated carbocycles. The number of hydrogen-bond donors (Lipinski definition) is 1. The molecule has 0 aliphatic heterocycles. The van der Waals surface area contributed by atoms with Crippen LogP contribution in [0.3, 0.4) is 0 Å². The molecule has 1 atom stereocenters. The Labute approximate surface area is 103 Å². The van der Waals surface area contributed by atoms with Crippen molar-refractivity contribution < 1.29 is 9.73 Å². The number of rotatable bonds is 5. The molecular formula is C15H20NO+. The van der Waals surface area contributed by atoms with E-state index >= 15 is 0 Å². The molecule has 0 bridgehead atoms. The molecule has 1 heterocycles. The Morgan fingerprint density at radius 2 is 1.88 bits per heavy atom. The molecule has 2 rings (SSSR count). The highest BCUT2D eigenvalue weighted by Gasteiger charge is 2.08. The maximum atomic E-state index is 5.55. The van der Waals surface area contributed by atoms with Crippen molar-refractivity contribution >= 4 is 0 Å². The van der Waals surface area contributed by atoms with Gasteiger partial charge in [0.1, 0.15) is 12.3 Å². The van der Waals surface area contributed by atoms with Crippen LogP contribution in [-0.4, -0.2) is 6.04 Å². The number of nitrogens with two attached hydrogens (primary N) is 1. The molecule has 0 spiro atoms. The predicted octanol–water partition coefficient (Wildman–Crippen LogP) is 2.28. The molecule has 0 saturated heterocycles. The molecule has 2 N–H and O–H groups in total. The van der Waals surface area contributed by atoms with E-state index < -0.39 is 0 Å². The minimum atomic E-state index is 0.572. The molecule has 2 nitrogen and oxygen atoms in total. The van der Waals surface area contributed by atoms with E-state index in [0.717, 1.165) is 24.5 Å². The van der Waals surface area contributed by atoms with Crippen LogP contribution < -0.4 is 5.32 Å². The molecule has 1 aromatic carbocycles. The van der Waals surface area contributed by atoms with Crippen molar-refractivity contribution in [3.63, 3.8) is 0 Å². The predicted molar refractivity (Wildman–Crippen MR) is 68.7 cm³/mol. The Balaban J connectivity index is 1.80. The van der Waals surface area contributed by atoms with Crippen molar-refractivity contribution in [2.75, 3.05) is 0 Å². The minimum absolute atomic E-state index is 0.572. The summed E-state index contributed by atoms with van der Waals surface area (Å²) in [6, 6.07) is 15.3. The van der Waals surface area contributed by atoms with Gasteiger partial charge in [0.15, 0.2) is 5.76 Å². The van der Waals surface area contributed by atoms with Gasteiger partial charge in [0.25, 0.3) is 0 Å². The van der Waals surface area contributed by atoms with Crippen LogP contribution in [0.5, 0.6) is 0 Å². The van der Waals surface area contributed by atoms with E-state index in [-0.39, 0.29) is 0 Å². The Kier molecular flexibility index (Phi) is 3.99. The maximum Gasteiger partial charge on any atom is 0.158 e. The molecule has 90 valence electrons. The summed E-state index contributed by atoms with van der Waals surface area (Å²) in [7, 11) is 0. The topological polar surface area (TPSA) is 29.8 Å². The van der Waals surface area contributed by atoms with E-state index in [1.165, 1.54) is 5.56 Å². The fourth-order valence-electron chi connectivity index (χ4n) is 1.98. The van der Waals surface area contributed by atoms with Crippen LogP contribution >= 0.6 is 0 Å². The number of aryl methyl sites for hydroxylation is 1. The van der Waals surface area contributed by atoms with Gasteiger partial charge in [0.05, 0.1) is 6.04 Å². The molecule has 0 amide bonds. The fourth-order valence-corrected chi connectivity index (χ4v) is 1.98. The normalized spacial score (nSPS) is 12.6. The summed E-state index contributed by atoms with van der Waals surface area (Å²) >= 11 is 0. The van der Waals surface area contributed by atoms with E-state index in [2.05, 4.69) is 48.6 Å². The largest absolute Gasteiger partial charge is 0.460 e. The van der Waals surface area contributed by atoms with Gasteiger partial charge in [-0.05, 0) is 31.5 Å². The standard InChI is InChI=1S/C15H19NO/c1-12(10-14-6-4-3-5-7-14)16-11-15-9-8-13(2)17-15/h3-9,12,16H,10-11H2,1-2H3/p+1. The molecule has 1 aromatic heterocycles. The third-order valence-corrected chi connectivity index (χ3v) is 2.92. The van der Waals surface area contributed by atoms with Crippen LogP contribution in [0.15, 0.2) is 46.9 Å². The van der Waals surface area contributed by atoms with Gasteiger partial charge in [-0.3, -0.25) is 0 Å². The first-order valence-electron chi connectivity index (χ1n) is 6.16. The molecule has 1 unspecified atom stereocenters. The monoisotopic (exact) mass is 230 g/mol. The summed E-state index contributed by atoms with van der Waals surface area (Å²) in [5.74, 6) is 2.05. The number of benzene rings is 1. The number of furan rings is 1. The van der Waals surface area contributed by atoms with Crippen LogP contribution in [0.25, 0.3) is 0 Å². The second-order valence-electron chi connectivity index (χ2n) is 4.62. The smallest absolute Gasteiger partial charge is 0.158 e. The van der Waals surface area contributed by atoms with Crippen molar-refractivity contribution in [1.82, 2.24) is 0 Å². The number of hydrogen-bond acceptors (Lipinski definition) is 1. The molecule has 0 aliphatic carbocycles. The molecule has 2 heteroatoms. The highest BCUT2D eigenvalue weighted by molar-refractivity contribution is 5.15. The van der Waals surface area contributed by atoms with E-state index in [1.807, 2.05) is 13.0 Å². The lowest BCUT2D eigenvalue weighted by Crippen LogP contribution is -2.88. The zero-order chi connectivity index (χ0) is 12.1. The number of quaternary nitrogens is 1. The van der Waals surface area contributed by atoms with Gasteiger partial charge in [0, 0.05) is 6.42 Å². The van der Waals surface area contributed by atoms with Gasteiger partial charge < -0.3 is 9.73 Å². The third kappa shape index (κ3) is 3.75. The fraction of sp³-hybridized carbons (Fsp3) is 0.333. The Morgan fingerprint density at radius 3 is 2.53 bits per heavy atom. The maximum absolute atomic E-state index is 5.55. The van der Waals surface area contributed by atoms with Crippen molar-refractivity contribution in [3.05, 3.63) is 59.5 Å². The summed E-state index contributed by atoms with van der Waals surface area (Å²) < 4.78 is 5.55. The van der Waals surface area contributed by atoms with E-state index in [1.54, 1.807) is 0 Å². The van der Waals surface area contributed by atoms with Crippen LogP contribution in [0.4, 0.5) is 0 Å². The zero-order valence-electron chi connectivity index (χ0n) is 10.5. The van der Waals surface area contributed by atoms with Gasteiger partial charge in [-0.1, -0.05) is 30.3 Å². The zero-order valence-corrected chi connectivity index (χ0v) is 10.5. The van der Waals surface area contributed by atoms with Crippen molar-refractivity contribution in [3.8, 4) is 0 Å². The second kappa shape index (κ2) is 5.69. The Morgan fingerprint density at radius 1 is 1.12 bits per heavy atom. The molecular weight excluding hydrogens is 210 g/mol. The third-order valence-electron chi connectivity index (χ3n) is 2.92. The summed E-state index contributed by atoms with van der Waals surface area (Å²) in [6.07, 6.45) is 1.10. The molecule has 0 fully saturated rings. The van der Waals surface area contributed by atoms with Gasteiger partial charge in [0.2, 0.25) is 0 Å². The first-order chi connectivity index (χ1) is 8.24. The van der Waals surface area contributed by atoms with Crippen LogP contribution in [0, 0.1) is 6.92 Å². The lowest BCUT2D eigenvalue weighted by molar-refractivity contribution is -0.702.